The molecule has 0 amide bonds. The molecule has 0 spiro atoms. The Morgan fingerprint density at radius 2 is 1.77 bits per heavy atom. The lowest BCUT2D eigenvalue weighted by molar-refractivity contribution is -0.137. The zero-order valence-corrected chi connectivity index (χ0v) is 7.12. The van der Waals surface area contributed by atoms with Crippen LogP contribution in [0.4, 0.5) is 24.7 Å². The molecule has 0 aliphatic rings. The van der Waals surface area contributed by atoms with E-state index in [2.05, 4.69) is 4.98 Å². The smallest absolute Gasteiger partial charge is 0.396 e. The predicted octanol–water partition coefficient (Wildman–Crippen LogP) is 1.69. The van der Waals surface area contributed by atoms with Crippen LogP contribution in [0.15, 0.2) is 12.3 Å². The lowest BCUT2D eigenvalue weighted by atomic mass is 10.2. The summed E-state index contributed by atoms with van der Waals surface area (Å²) in [6, 6.07) is 0.752. The summed E-state index contributed by atoms with van der Waals surface area (Å²) in [5, 5.41) is 0. The Morgan fingerprint density at radius 1 is 1.23 bits per heavy atom. The minimum absolute atomic E-state index is 0. The highest BCUT2D eigenvalue weighted by Gasteiger charge is 2.31. The molecule has 1 heterocycles. The first-order valence-electron chi connectivity index (χ1n) is 2.99. The van der Waals surface area contributed by atoms with E-state index in [-0.39, 0.29) is 23.9 Å². The number of aromatic nitrogens is 1. The van der Waals surface area contributed by atoms with Gasteiger partial charge in [-0.3, -0.25) is 0 Å². The fourth-order valence-corrected chi connectivity index (χ4v) is 0.647. The number of pyridine rings is 1. The largest absolute Gasteiger partial charge is 0.417 e. The summed E-state index contributed by atoms with van der Waals surface area (Å²) in [5.41, 5.74) is 9.20. The summed E-state index contributed by atoms with van der Waals surface area (Å²) in [5.74, 6) is -0.0944. The second kappa shape index (κ2) is 3.69. The van der Waals surface area contributed by atoms with Crippen LogP contribution in [0.3, 0.4) is 0 Å². The molecule has 0 saturated carbocycles. The first-order chi connectivity index (χ1) is 5.41. The van der Waals surface area contributed by atoms with Gasteiger partial charge in [-0.2, -0.15) is 13.2 Å². The van der Waals surface area contributed by atoms with Crippen LogP contribution < -0.4 is 11.5 Å². The Morgan fingerprint density at radius 3 is 2.15 bits per heavy atom. The maximum absolute atomic E-state index is 12.0. The van der Waals surface area contributed by atoms with Crippen molar-refractivity contribution in [3.8, 4) is 0 Å². The molecule has 0 saturated heterocycles. The second-order valence-electron chi connectivity index (χ2n) is 2.20. The Hall–Kier alpha value is -1.17. The summed E-state index contributed by atoms with van der Waals surface area (Å²) in [6.45, 7) is 0. The van der Waals surface area contributed by atoms with Crippen molar-refractivity contribution in [3.05, 3.63) is 17.8 Å². The van der Waals surface area contributed by atoms with Gasteiger partial charge in [0.1, 0.15) is 5.82 Å². The third-order valence-corrected chi connectivity index (χ3v) is 1.28. The van der Waals surface area contributed by atoms with Crippen molar-refractivity contribution in [2.24, 2.45) is 0 Å². The first kappa shape index (κ1) is 11.8. The maximum atomic E-state index is 12.0. The molecule has 0 atom stereocenters. The van der Waals surface area contributed by atoms with Crippen molar-refractivity contribution in [2.75, 3.05) is 11.5 Å². The minimum Gasteiger partial charge on any atom is -0.396 e. The zero-order valence-electron chi connectivity index (χ0n) is 6.30. The van der Waals surface area contributed by atoms with E-state index in [4.69, 9.17) is 11.5 Å². The molecule has 1 aromatic heterocycles. The molecule has 0 radical (unpaired) electrons. The SMILES string of the molecule is Cl.Nc1cc(C(F)(F)F)cnc1N. The van der Waals surface area contributed by atoms with Gasteiger partial charge in [-0.15, -0.1) is 12.4 Å². The van der Waals surface area contributed by atoms with E-state index in [0.717, 1.165) is 6.07 Å². The van der Waals surface area contributed by atoms with Crippen LogP contribution in [-0.4, -0.2) is 4.98 Å². The quantitative estimate of drug-likeness (QED) is 0.689. The fraction of sp³-hybridized carbons (Fsp3) is 0.167. The number of anilines is 2. The molecule has 3 nitrogen and oxygen atoms in total. The highest BCUT2D eigenvalue weighted by atomic mass is 35.5. The Labute approximate surface area is 78.3 Å². The van der Waals surface area contributed by atoms with E-state index in [9.17, 15) is 13.2 Å². The van der Waals surface area contributed by atoms with Gasteiger partial charge in [0.2, 0.25) is 0 Å². The molecule has 1 rings (SSSR count). The number of hydrogen-bond donors (Lipinski definition) is 2. The lowest BCUT2D eigenvalue weighted by Gasteiger charge is -2.06. The van der Waals surface area contributed by atoms with Gasteiger partial charge in [-0.1, -0.05) is 0 Å². The summed E-state index contributed by atoms with van der Waals surface area (Å²) in [7, 11) is 0. The average Bonchev–Trinajstić information content (AvgIpc) is 1.92. The van der Waals surface area contributed by atoms with E-state index < -0.39 is 11.7 Å². The van der Waals surface area contributed by atoms with E-state index in [1.807, 2.05) is 0 Å². The second-order valence-corrected chi connectivity index (χ2v) is 2.20. The van der Waals surface area contributed by atoms with Crippen LogP contribution in [0, 0.1) is 0 Å². The van der Waals surface area contributed by atoms with E-state index in [0.29, 0.717) is 6.20 Å². The summed E-state index contributed by atoms with van der Waals surface area (Å²) < 4.78 is 35.9. The van der Waals surface area contributed by atoms with Crippen LogP contribution in [-0.2, 0) is 6.18 Å². The van der Waals surface area contributed by atoms with Crippen molar-refractivity contribution >= 4 is 23.9 Å². The Kier molecular flexibility index (Phi) is 3.36. The molecule has 7 heteroatoms. The fourth-order valence-electron chi connectivity index (χ4n) is 0.647. The van der Waals surface area contributed by atoms with Crippen molar-refractivity contribution in [3.63, 3.8) is 0 Å². The van der Waals surface area contributed by atoms with E-state index >= 15 is 0 Å². The Balaban J connectivity index is 0.00000144. The normalized spacial score (nSPS) is 10.7. The number of hydrogen-bond acceptors (Lipinski definition) is 3. The minimum atomic E-state index is -4.42. The van der Waals surface area contributed by atoms with Crippen LogP contribution >= 0.6 is 12.4 Å². The predicted molar refractivity (Wildman–Crippen MR) is 45.3 cm³/mol. The molecule has 0 bridgehead atoms. The first-order valence-corrected chi connectivity index (χ1v) is 2.99. The van der Waals surface area contributed by atoms with Gasteiger partial charge >= 0.3 is 6.18 Å². The molecular formula is C6H7ClF3N3. The number of halogens is 4. The summed E-state index contributed by atoms with van der Waals surface area (Å²) >= 11 is 0. The van der Waals surface area contributed by atoms with Crippen LogP contribution in [0.2, 0.25) is 0 Å². The highest BCUT2D eigenvalue weighted by molar-refractivity contribution is 5.85. The van der Waals surface area contributed by atoms with Crippen LogP contribution in [0.5, 0.6) is 0 Å². The maximum Gasteiger partial charge on any atom is 0.417 e. The molecule has 0 aromatic carbocycles. The van der Waals surface area contributed by atoms with Gasteiger partial charge in [0, 0.05) is 6.20 Å². The van der Waals surface area contributed by atoms with Crippen molar-refractivity contribution in [2.45, 2.75) is 6.18 Å². The van der Waals surface area contributed by atoms with Gasteiger partial charge in [0.05, 0.1) is 11.3 Å². The third-order valence-electron chi connectivity index (χ3n) is 1.28. The van der Waals surface area contributed by atoms with Gasteiger partial charge in [0.25, 0.3) is 0 Å². The summed E-state index contributed by atoms with van der Waals surface area (Å²) in [4.78, 5) is 3.28. The van der Waals surface area contributed by atoms with Gasteiger partial charge < -0.3 is 11.5 Å². The van der Waals surface area contributed by atoms with Crippen molar-refractivity contribution < 1.29 is 13.2 Å². The van der Waals surface area contributed by atoms with E-state index in [1.165, 1.54) is 0 Å². The van der Waals surface area contributed by atoms with Crippen molar-refractivity contribution in [1.82, 2.24) is 4.98 Å². The molecule has 74 valence electrons. The molecule has 0 unspecified atom stereocenters. The molecule has 1 aromatic rings. The molecule has 13 heavy (non-hydrogen) atoms. The number of nitrogens with zero attached hydrogens (tertiary/aromatic N) is 1. The zero-order chi connectivity index (χ0) is 9.35. The number of nitrogens with two attached hydrogens (primary N) is 2. The standard InChI is InChI=1S/C6H6F3N3.ClH/c7-6(8,9)3-1-4(10)5(11)12-2-3;/h1-2H,10H2,(H2,11,12);1H. The summed E-state index contributed by atoms with van der Waals surface area (Å²) in [6.07, 6.45) is -3.78. The molecule has 4 N–H and O–H groups in total. The topological polar surface area (TPSA) is 64.9 Å². The number of nitrogen functional groups attached to an aromatic ring is 2. The van der Waals surface area contributed by atoms with Crippen LogP contribution in [0.25, 0.3) is 0 Å². The Bertz CT molecular complexity index is 300. The molecule has 0 fully saturated rings. The monoisotopic (exact) mass is 213 g/mol. The third kappa shape index (κ3) is 2.66. The molecule has 0 aliphatic carbocycles. The van der Waals surface area contributed by atoms with Gasteiger partial charge in [-0.25, -0.2) is 4.98 Å². The van der Waals surface area contributed by atoms with Crippen molar-refractivity contribution in [1.29, 1.82) is 0 Å². The highest BCUT2D eigenvalue weighted by Crippen LogP contribution is 2.30. The molecule has 0 aliphatic heterocycles. The van der Waals surface area contributed by atoms with Crippen LogP contribution in [0.1, 0.15) is 5.56 Å². The van der Waals surface area contributed by atoms with Gasteiger partial charge in [-0.05, 0) is 6.07 Å². The average molecular weight is 214 g/mol. The molecular weight excluding hydrogens is 207 g/mol. The van der Waals surface area contributed by atoms with Gasteiger partial charge in [0.15, 0.2) is 0 Å². The number of rotatable bonds is 0. The van der Waals surface area contributed by atoms with E-state index in [1.54, 1.807) is 0 Å². The lowest BCUT2D eigenvalue weighted by Crippen LogP contribution is -2.08. The number of alkyl halides is 3.